The summed E-state index contributed by atoms with van der Waals surface area (Å²) < 4.78 is 26.4. The molecule has 0 atom stereocenters. The van der Waals surface area contributed by atoms with Crippen LogP contribution in [0.3, 0.4) is 0 Å². The zero-order chi connectivity index (χ0) is 14.1. The molecule has 1 aromatic heterocycles. The highest BCUT2D eigenvalue weighted by molar-refractivity contribution is 5.48. The van der Waals surface area contributed by atoms with E-state index in [-0.39, 0.29) is 6.42 Å². The molecule has 1 heterocycles. The second-order valence-corrected chi connectivity index (χ2v) is 4.87. The van der Waals surface area contributed by atoms with Crippen molar-refractivity contribution >= 4 is 5.82 Å². The fraction of sp³-hybridized carbons (Fsp3) is 0.286. The molecule has 0 radical (unpaired) electrons. The van der Waals surface area contributed by atoms with Crippen molar-refractivity contribution in [3.05, 3.63) is 52.5 Å². The van der Waals surface area contributed by atoms with E-state index in [0.29, 0.717) is 17.2 Å². The van der Waals surface area contributed by atoms with Gasteiger partial charge in [-0.25, -0.2) is 24.6 Å². The topological polar surface area (TPSA) is 63.8 Å². The van der Waals surface area contributed by atoms with Crippen LogP contribution in [0.2, 0.25) is 0 Å². The zero-order valence-corrected chi connectivity index (χ0v) is 10.8. The van der Waals surface area contributed by atoms with Crippen LogP contribution in [0.4, 0.5) is 14.6 Å². The van der Waals surface area contributed by atoms with Crippen molar-refractivity contribution in [2.75, 3.05) is 5.43 Å². The molecule has 104 valence electrons. The Labute approximate surface area is 115 Å². The molecular weight excluding hydrogens is 262 g/mol. The first-order chi connectivity index (χ1) is 9.65. The van der Waals surface area contributed by atoms with Gasteiger partial charge in [-0.2, -0.15) is 0 Å². The number of hydrogen-bond donors (Lipinski definition) is 2. The quantitative estimate of drug-likeness (QED) is 0.666. The van der Waals surface area contributed by atoms with Crippen molar-refractivity contribution in [1.29, 1.82) is 0 Å². The van der Waals surface area contributed by atoms with Gasteiger partial charge in [0.15, 0.2) is 0 Å². The second kappa shape index (κ2) is 5.13. The molecule has 3 rings (SSSR count). The van der Waals surface area contributed by atoms with Gasteiger partial charge in [0.2, 0.25) is 0 Å². The molecule has 0 amide bonds. The maximum absolute atomic E-state index is 13.2. The van der Waals surface area contributed by atoms with Crippen LogP contribution in [0.5, 0.6) is 0 Å². The van der Waals surface area contributed by atoms with Gasteiger partial charge < -0.3 is 5.43 Å². The smallest absolute Gasteiger partial charge is 0.147 e. The van der Waals surface area contributed by atoms with E-state index >= 15 is 0 Å². The van der Waals surface area contributed by atoms with Crippen LogP contribution >= 0.6 is 0 Å². The summed E-state index contributed by atoms with van der Waals surface area (Å²) in [6.07, 6.45) is 3.09. The minimum absolute atomic E-state index is 0.274. The number of nitrogen functional groups attached to an aromatic ring is 1. The average Bonchev–Trinajstić information content (AvgIpc) is 2.84. The van der Waals surface area contributed by atoms with Gasteiger partial charge in [-0.3, -0.25) is 0 Å². The number of halogens is 2. The molecule has 4 nitrogen and oxygen atoms in total. The molecule has 0 bridgehead atoms. The fourth-order valence-corrected chi connectivity index (χ4v) is 2.58. The highest BCUT2D eigenvalue weighted by Crippen LogP contribution is 2.26. The monoisotopic (exact) mass is 276 g/mol. The number of aryl methyl sites for hydroxylation is 1. The molecule has 1 aromatic carbocycles. The van der Waals surface area contributed by atoms with Crippen LogP contribution in [-0.4, -0.2) is 9.97 Å². The molecule has 0 unspecified atom stereocenters. The van der Waals surface area contributed by atoms with E-state index < -0.39 is 11.6 Å². The lowest BCUT2D eigenvalue weighted by Gasteiger charge is -2.09. The first kappa shape index (κ1) is 12.9. The lowest BCUT2D eigenvalue weighted by molar-refractivity contribution is 0.580. The summed E-state index contributed by atoms with van der Waals surface area (Å²) in [5.74, 6) is 5.40. The Morgan fingerprint density at radius 3 is 2.55 bits per heavy atom. The molecule has 6 heteroatoms. The number of benzene rings is 1. The molecule has 0 spiro atoms. The van der Waals surface area contributed by atoms with Gasteiger partial charge in [0.25, 0.3) is 0 Å². The average molecular weight is 276 g/mol. The summed E-state index contributed by atoms with van der Waals surface area (Å²) in [7, 11) is 0. The summed E-state index contributed by atoms with van der Waals surface area (Å²) in [6, 6.07) is 3.42. The third-order valence-corrected chi connectivity index (χ3v) is 3.40. The number of nitrogens with one attached hydrogen (secondary N) is 1. The Bertz CT molecular complexity index is 638. The number of hydrazine groups is 1. The van der Waals surface area contributed by atoms with Crippen molar-refractivity contribution in [2.24, 2.45) is 5.84 Å². The van der Waals surface area contributed by atoms with E-state index in [9.17, 15) is 8.78 Å². The number of nitrogens with two attached hydrogens (primary N) is 1. The van der Waals surface area contributed by atoms with E-state index in [0.717, 1.165) is 36.6 Å². The van der Waals surface area contributed by atoms with E-state index in [2.05, 4.69) is 15.4 Å². The Morgan fingerprint density at radius 2 is 1.85 bits per heavy atom. The van der Waals surface area contributed by atoms with E-state index in [1.807, 2.05) is 0 Å². The number of nitrogens with zero attached hydrogens (tertiary/aromatic N) is 2. The van der Waals surface area contributed by atoms with Crippen LogP contribution in [0, 0.1) is 11.6 Å². The summed E-state index contributed by atoms with van der Waals surface area (Å²) >= 11 is 0. The SMILES string of the molecule is NNc1nc(Cc2cc(F)cc(F)c2)nc2c1CCC2. The Balaban J connectivity index is 1.95. The molecule has 20 heavy (non-hydrogen) atoms. The van der Waals surface area contributed by atoms with Gasteiger partial charge in [-0.1, -0.05) is 0 Å². The molecule has 1 aliphatic carbocycles. The minimum atomic E-state index is -0.599. The summed E-state index contributed by atoms with van der Waals surface area (Å²) in [6.45, 7) is 0. The van der Waals surface area contributed by atoms with Crippen LogP contribution in [-0.2, 0) is 19.3 Å². The fourth-order valence-electron chi connectivity index (χ4n) is 2.58. The normalized spacial score (nSPS) is 13.3. The van der Waals surface area contributed by atoms with Gasteiger partial charge in [0.1, 0.15) is 23.3 Å². The molecule has 0 saturated heterocycles. The molecule has 1 aliphatic rings. The number of fused-ring (bicyclic) bond motifs is 1. The molecule has 2 aromatic rings. The molecule has 0 aliphatic heterocycles. The van der Waals surface area contributed by atoms with E-state index in [1.54, 1.807) is 0 Å². The number of anilines is 1. The number of hydrogen-bond acceptors (Lipinski definition) is 4. The van der Waals surface area contributed by atoms with E-state index in [4.69, 9.17) is 5.84 Å². The first-order valence-electron chi connectivity index (χ1n) is 6.46. The van der Waals surface area contributed by atoms with Crippen molar-refractivity contribution in [1.82, 2.24) is 9.97 Å². The predicted molar refractivity (Wildman–Crippen MR) is 71.0 cm³/mol. The lowest BCUT2D eigenvalue weighted by atomic mass is 10.1. The Morgan fingerprint density at radius 1 is 1.10 bits per heavy atom. The van der Waals surface area contributed by atoms with Gasteiger partial charge >= 0.3 is 0 Å². The van der Waals surface area contributed by atoms with Crippen LogP contribution < -0.4 is 11.3 Å². The van der Waals surface area contributed by atoms with Crippen molar-refractivity contribution in [3.8, 4) is 0 Å². The summed E-state index contributed by atoms with van der Waals surface area (Å²) in [4.78, 5) is 8.79. The van der Waals surface area contributed by atoms with Crippen LogP contribution in [0.15, 0.2) is 18.2 Å². The van der Waals surface area contributed by atoms with Crippen molar-refractivity contribution < 1.29 is 8.78 Å². The van der Waals surface area contributed by atoms with Crippen molar-refractivity contribution in [3.63, 3.8) is 0 Å². The molecule has 3 N–H and O–H groups in total. The molecular formula is C14H14F2N4. The second-order valence-electron chi connectivity index (χ2n) is 4.87. The maximum Gasteiger partial charge on any atom is 0.147 e. The lowest BCUT2D eigenvalue weighted by Crippen LogP contribution is -2.14. The van der Waals surface area contributed by atoms with E-state index in [1.165, 1.54) is 12.1 Å². The third kappa shape index (κ3) is 2.46. The highest BCUT2D eigenvalue weighted by Gasteiger charge is 2.19. The van der Waals surface area contributed by atoms with Gasteiger partial charge in [-0.05, 0) is 37.0 Å². The number of aromatic nitrogens is 2. The van der Waals surface area contributed by atoms with Crippen molar-refractivity contribution in [2.45, 2.75) is 25.7 Å². The van der Waals surface area contributed by atoms with Gasteiger partial charge in [0, 0.05) is 23.7 Å². The highest BCUT2D eigenvalue weighted by atomic mass is 19.1. The summed E-state index contributed by atoms with van der Waals surface area (Å²) in [5, 5.41) is 0. The maximum atomic E-state index is 13.2. The third-order valence-electron chi connectivity index (χ3n) is 3.40. The predicted octanol–water partition coefficient (Wildman–Crippen LogP) is 2.12. The zero-order valence-electron chi connectivity index (χ0n) is 10.8. The van der Waals surface area contributed by atoms with Crippen LogP contribution in [0.25, 0.3) is 0 Å². The van der Waals surface area contributed by atoms with Gasteiger partial charge in [-0.15, -0.1) is 0 Å². The molecule has 0 saturated carbocycles. The molecule has 0 fully saturated rings. The largest absolute Gasteiger partial charge is 0.308 e. The summed E-state index contributed by atoms with van der Waals surface area (Å²) in [5.41, 5.74) is 5.10. The Kier molecular flexibility index (Phi) is 3.31. The standard InChI is InChI=1S/C14H14F2N4/c15-9-4-8(5-10(16)7-9)6-13-18-12-3-1-2-11(12)14(19-13)20-17/h4-5,7H,1-3,6,17H2,(H,18,19,20). The first-order valence-corrected chi connectivity index (χ1v) is 6.46. The number of rotatable bonds is 3. The van der Waals surface area contributed by atoms with Crippen LogP contribution in [0.1, 0.15) is 29.1 Å². The Hall–Kier alpha value is -2.08. The van der Waals surface area contributed by atoms with Gasteiger partial charge in [0.05, 0.1) is 0 Å². The minimum Gasteiger partial charge on any atom is -0.308 e.